The third-order valence-corrected chi connectivity index (χ3v) is 4.65. The molecule has 0 aliphatic heterocycles. The minimum atomic E-state index is -0.692. The molecule has 1 aromatic heterocycles. The van der Waals surface area contributed by atoms with Crippen molar-refractivity contribution in [2.45, 2.75) is 6.42 Å². The number of halogens is 2. The molecule has 0 unspecified atom stereocenters. The van der Waals surface area contributed by atoms with E-state index in [1.807, 2.05) is 14.1 Å². The first kappa shape index (κ1) is 19.9. The summed E-state index contributed by atoms with van der Waals surface area (Å²) in [6, 6.07) is 10.9. The van der Waals surface area contributed by atoms with Crippen molar-refractivity contribution in [3.05, 3.63) is 65.9 Å². The van der Waals surface area contributed by atoms with Crippen molar-refractivity contribution in [1.29, 1.82) is 0 Å². The van der Waals surface area contributed by atoms with Crippen LogP contribution in [0.5, 0.6) is 0 Å². The van der Waals surface area contributed by atoms with Crippen LogP contribution < -0.4 is 0 Å². The number of rotatable bonds is 6. The van der Waals surface area contributed by atoms with Crippen molar-refractivity contribution >= 4 is 16.8 Å². The van der Waals surface area contributed by atoms with E-state index in [-0.39, 0.29) is 11.4 Å². The van der Waals surface area contributed by atoms with E-state index >= 15 is 0 Å². The van der Waals surface area contributed by atoms with Crippen LogP contribution in [0.15, 0.2) is 48.7 Å². The molecule has 0 spiro atoms. The molecule has 0 saturated heterocycles. The molecular weight excluding hydrogens is 360 g/mol. The molecule has 0 N–H and O–H groups in total. The third-order valence-electron chi connectivity index (χ3n) is 4.65. The molecular formula is C22H23F2N3O. The summed E-state index contributed by atoms with van der Waals surface area (Å²) in [4.78, 5) is 20.4. The van der Waals surface area contributed by atoms with Gasteiger partial charge in [-0.15, -0.1) is 0 Å². The van der Waals surface area contributed by atoms with Crippen molar-refractivity contribution in [1.82, 2.24) is 14.8 Å². The average Bonchev–Trinajstić information content (AvgIpc) is 2.66. The fraction of sp³-hybridized carbons (Fsp3) is 0.273. The molecule has 146 valence electrons. The normalized spacial score (nSPS) is 11.2. The SMILES string of the molecule is CN(C)CCCN(C)C(=O)c1ccc(-c2ccnc3c(F)cc(F)cc23)cc1. The van der Waals surface area contributed by atoms with E-state index in [2.05, 4.69) is 9.88 Å². The van der Waals surface area contributed by atoms with Crippen LogP contribution in [0.3, 0.4) is 0 Å². The van der Waals surface area contributed by atoms with E-state index in [1.165, 1.54) is 12.3 Å². The first-order chi connectivity index (χ1) is 13.4. The molecule has 1 amide bonds. The Hall–Kier alpha value is -2.86. The minimum Gasteiger partial charge on any atom is -0.342 e. The second-order valence-electron chi connectivity index (χ2n) is 7.10. The summed E-state index contributed by atoms with van der Waals surface area (Å²) in [7, 11) is 5.79. The Bertz CT molecular complexity index is 987. The molecule has 0 radical (unpaired) electrons. The number of benzene rings is 2. The van der Waals surface area contributed by atoms with Gasteiger partial charge in [-0.3, -0.25) is 9.78 Å². The first-order valence-electron chi connectivity index (χ1n) is 9.11. The van der Waals surface area contributed by atoms with Gasteiger partial charge in [0.1, 0.15) is 11.3 Å². The zero-order valence-electron chi connectivity index (χ0n) is 16.2. The number of carbonyl (C=O) groups excluding carboxylic acids is 1. The number of hydrogen-bond donors (Lipinski definition) is 0. The first-order valence-corrected chi connectivity index (χ1v) is 9.11. The van der Waals surface area contributed by atoms with Gasteiger partial charge in [0, 0.05) is 36.8 Å². The van der Waals surface area contributed by atoms with Crippen LogP contribution in [0.2, 0.25) is 0 Å². The van der Waals surface area contributed by atoms with Crippen LogP contribution in [-0.2, 0) is 0 Å². The van der Waals surface area contributed by atoms with E-state index in [9.17, 15) is 13.6 Å². The highest BCUT2D eigenvalue weighted by Gasteiger charge is 2.14. The summed E-state index contributed by atoms with van der Waals surface area (Å²) >= 11 is 0. The molecule has 1 heterocycles. The van der Waals surface area contributed by atoms with Gasteiger partial charge in [-0.05, 0) is 62.5 Å². The molecule has 6 heteroatoms. The van der Waals surface area contributed by atoms with Crippen molar-refractivity contribution in [2.24, 2.45) is 0 Å². The van der Waals surface area contributed by atoms with Crippen LogP contribution >= 0.6 is 0 Å². The fourth-order valence-electron chi connectivity index (χ4n) is 3.17. The van der Waals surface area contributed by atoms with E-state index in [0.717, 1.165) is 24.6 Å². The Labute approximate surface area is 163 Å². The Kier molecular flexibility index (Phi) is 5.99. The van der Waals surface area contributed by atoms with E-state index in [0.29, 0.717) is 23.1 Å². The van der Waals surface area contributed by atoms with Crippen molar-refractivity contribution in [3.63, 3.8) is 0 Å². The lowest BCUT2D eigenvalue weighted by atomic mass is 9.99. The average molecular weight is 383 g/mol. The van der Waals surface area contributed by atoms with Crippen molar-refractivity contribution < 1.29 is 13.6 Å². The zero-order valence-corrected chi connectivity index (χ0v) is 16.2. The summed E-state index contributed by atoms with van der Waals surface area (Å²) in [6.45, 7) is 1.59. The lowest BCUT2D eigenvalue weighted by Gasteiger charge is -2.19. The quantitative estimate of drug-likeness (QED) is 0.640. The number of carbonyl (C=O) groups is 1. The van der Waals surface area contributed by atoms with Gasteiger partial charge in [0.2, 0.25) is 0 Å². The maximum Gasteiger partial charge on any atom is 0.253 e. The van der Waals surface area contributed by atoms with E-state index in [1.54, 1.807) is 42.3 Å². The molecule has 28 heavy (non-hydrogen) atoms. The van der Waals surface area contributed by atoms with Gasteiger partial charge in [0.05, 0.1) is 0 Å². The lowest BCUT2D eigenvalue weighted by Crippen LogP contribution is -2.29. The Morgan fingerprint density at radius 2 is 1.71 bits per heavy atom. The lowest BCUT2D eigenvalue weighted by molar-refractivity contribution is 0.0790. The standard InChI is InChI=1S/C22H23F2N3O/c1-26(2)11-4-12-27(3)22(28)16-7-5-15(6-8-16)18-9-10-25-21-19(18)13-17(23)14-20(21)24/h5-10,13-14H,4,11-12H2,1-3H3. The Balaban J connectivity index is 1.83. The van der Waals surface area contributed by atoms with Crippen molar-refractivity contribution in [2.75, 3.05) is 34.2 Å². The molecule has 0 saturated carbocycles. The van der Waals surface area contributed by atoms with Gasteiger partial charge in [-0.2, -0.15) is 0 Å². The van der Waals surface area contributed by atoms with Crippen LogP contribution in [0.25, 0.3) is 22.0 Å². The van der Waals surface area contributed by atoms with Gasteiger partial charge < -0.3 is 9.80 Å². The number of amides is 1. The van der Waals surface area contributed by atoms with Crippen LogP contribution in [-0.4, -0.2) is 54.9 Å². The molecule has 0 aliphatic rings. The summed E-state index contributed by atoms with van der Waals surface area (Å²) in [6.07, 6.45) is 2.39. The number of aromatic nitrogens is 1. The zero-order chi connectivity index (χ0) is 20.3. The molecule has 4 nitrogen and oxygen atoms in total. The molecule has 3 aromatic rings. The smallest absolute Gasteiger partial charge is 0.253 e. The van der Waals surface area contributed by atoms with E-state index < -0.39 is 11.6 Å². The molecule has 0 aliphatic carbocycles. The monoisotopic (exact) mass is 383 g/mol. The number of nitrogens with zero attached hydrogens (tertiary/aromatic N) is 3. The van der Waals surface area contributed by atoms with Gasteiger partial charge in [-0.1, -0.05) is 12.1 Å². The summed E-state index contributed by atoms with van der Waals surface area (Å²) in [5.41, 5.74) is 2.14. The highest BCUT2D eigenvalue weighted by Crippen LogP contribution is 2.29. The minimum absolute atomic E-state index is 0.0537. The second-order valence-corrected chi connectivity index (χ2v) is 7.10. The maximum atomic E-state index is 14.0. The number of pyridine rings is 1. The molecule has 0 fully saturated rings. The summed E-state index contributed by atoms with van der Waals surface area (Å²) < 4.78 is 27.7. The highest BCUT2D eigenvalue weighted by atomic mass is 19.1. The van der Waals surface area contributed by atoms with Gasteiger partial charge in [0.25, 0.3) is 5.91 Å². The Morgan fingerprint density at radius 3 is 2.39 bits per heavy atom. The predicted octanol–water partition coefficient (Wildman–Crippen LogP) is 4.20. The molecule has 3 rings (SSSR count). The summed E-state index contributed by atoms with van der Waals surface area (Å²) in [5, 5.41) is 0.403. The van der Waals surface area contributed by atoms with Crippen LogP contribution in [0.4, 0.5) is 8.78 Å². The largest absolute Gasteiger partial charge is 0.342 e. The van der Waals surface area contributed by atoms with Gasteiger partial charge in [0.15, 0.2) is 5.82 Å². The van der Waals surface area contributed by atoms with Gasteiger partial charge >= 0.3 is 0 Å². The Morgan fingerprint density at radius 1 is 1.00 bits per heavy atom. The van der Waals surface area contributed by atoms with Gasteiger partial charge in [-0.25, -0.2) is 8.78 Å². The number of hydrogen-bond acceptors (Lipinski definition) is 3. The summed E-state index contributed by atoms with van der Waals surface area (Å²) in [5.74, 6) is -1.39. The second kappa shape index (κ2) is 8.44. The van der Waals surface area contributed by atoms with Crippen LogP contribution in [0, 0.1) is 11.6 Å². The molecule has 2 aromatic carbocycles. The molecule has 0 bridgehead atoms. The van der Waals surface area contributed by atoms with Crippen LogP contribution in [0.1, 0.15) is 16.8 Å². The topological polar surface area (TPSA) is 36.4 Å². The fourth-order valence-corrected chi connectivity index (χ4v) is 3.17. The predicted molar refractivity (Wildman–Crippen MR) is 107 cm³/mol. The number of fused-ring (bicyclic) bond motifs is 1. The van der Waals surface area contributed by atoms with Crippen molar-refractivity contribution in [3.8, 4) is 11.1 Å². The van der Waals surface area contributed by atoms with E-state index in [4.69, 9.17) is 0 Å². The molecule has 0 atom stereocenters. The third kappa shape index (κ3) is 4.34. The maximum absolute atomic E-state index is 14.0. The highest BCUT2D eigenvalue weighted by molar-refractivity contribution is 5.97.